The van der Waals surface area contributed by atoms with E-state index in [1.165, 1.54) is 11.1 Å². The molecule has 0 aliphatic rings. The van der Waals surface area contributed by atoms with Crippen LogP contribution in [0.2, 0.25) is 0 Å². The summed E-state index contributed by atoms with van der Waals surface area (Å²) in [6, 6.07) is 4.00. The number of pyridine rings is 1. The lowest BCUT2D eigenvalue weighted by Crippen LogP contribution is -2.12. The Labute approximate surface area is 88.8 Å². The molecule has 0 radical (unpaired) electrons. The third-order valence-corrected chi connectivity index (χ3v) is 2.30. The molecular weight excluding hydrogens is 188 g/mol. The van der Waals surface area contributed by atoms with Crippen molar-refractivity contribution in [1.82, 2.24) is 20.5 Å². The van der Waals surface area contributed by atoms with Crippen LogP contribution in [0.5, 0.6) is 0 Å². The summed E-state index contributed by atoms with van der Waals surface area (Å²) in [5.74, 6) is 0. The number of aromatic nitrogens is 3. The van der Waals surface area contributed by atoms with Crippen molar-refractivity contribution in [1.29, 1.82) is 0 Å². The molecule has 4 nitrogen and oxygen atoms in total. The minimum Gasteiger partial charge on any atom is -0.308 e. The van der Waals surface area contributed by atoms with Gasteiger partial charge in [0, 0.05) is 36.7 Å². The number of aromatic amines is 1. The van der Waals surface area contributed by atoms with Crippen LogP contribution in [0.25, 0.3) is 0 Å². The summed E-state index contributed by atoms with van der Waals surface area (Å²) < 4.78 is 0. The standard InChI is InChI=1S/C11H14N4/c1-9-11(8-14-15-9)7-13-6-10-3-2-4-12-5-10/h2-5,8,13H,6-7H2,1H3,(H,14,15). The fraction of sp³-hybridized carbons (Fsp3) is 0.273. The summed E-state index contributed by atoms with van der Waals surface area (Å²) >= 11 is 0. The summed E-state index contributed by atoms with van der Waals surface area (Å²) in [7, 11) is 0. The van der Waals surface area contributed by atoms with Crippen LogP contribution in [-0.4, -0.2) is 15.2 Å². The van der Waals surface area contributed by atoms with Crippen LogP contribution < -0.4 is 5.32 Å². The van der Waals surface area contributed by atoms with E-state index < -0.39 is 0 Å². The highest BCUT2D eigenvalue weighted by atomic mass is 15.1. The molecule has 0 aromatic carbocycles. The Bertz CT molecular complexity index is 408. The SMILES string of the molecule is Cc1[nH]ncc1CNCc1cccnc1. The third-order valence-electron chi connectivity index (χ3n) is 2.30. The zero-order chi connectivity index (χ0) is 10.5. The molecule has 2 aromatic heterocycles. The first-order chi connectivity index (χ1) is 7.36. The highest BCUT2D eigenvalue weighted by Crippen LogP contribution is 2.02. The molecule has 2 N–H and O–H groups in total. The Morgan fingerprint density at radius 3 is 2.93 bits per heavy atom. The van der Waals surface area contributed by atoms with E-state index in [1.807, 2.05) is 25.4 Å². The molecule has 0 amide bonds. The van der Waals surface area contributed by atoms with Crippen LogP contribution in [0.15, 0.2) is 30.7 Å². The van der Waals surface area contributed by atoms with Crippen molar-refractivity contribution >= 4 is 0 Å². The Kier molecular flexibility index (Phi) is 3.09. The van der Waals surface area contributed by atoms with Crippen molar-refractivity contribution < 1.29 is 0 Å². The van der Waals surface area contributed by atoms with Gasteiger partial charge in [-0.05, 0) is 18.6 Å². The first kappa shape index (κ1) is 9.86. The van der Waals surface area contributed by atoms with Gasteiger partial charge in [0.25, 0.3) is 0 Å². The van der Waals surface area contributed by atoms with E-state index in [-0.39, 0.29) is 0 Å². The number of nitrogens with one attached hydrogen (secondary N) is 2. The monoisotopic (exact) mass is 202 g/mol. The van der Waals surface area contributed by atoms with Crippen molar-refractivity contribution in [2.45, 2.75) is 20.0 Å². The van der Waals surface area contributed by atoms with Gasteiger partial charge < -0.3 is 5.32 Å². The highest BCUT2D eigenvalue weighted by molar-refractivity contribution is 5.14. The number of nitrogens with zero attached hydrogens (tertiary/aromatic N) is 2. The molecule has 0 saturated carbocycles. The molecule has 4 heteroatoms. The predicted molar refractivity (Wildman–Crippen MR) is 58.1 cm³/mol. The van der Waals surface area contributed by atoms with E-state index in [0.717, 1.165) is 18.8 Å². The van der Waals surface area contributed by atoms with E-state index in [0.29, 0.717) is 0 Å². The average Bonchev–Trinajstić information content (AvgIpc) is 2.66. The summed E-state index contributed by atoms with van der Waals surface area (Å²) in [5, 5.41) is 10.2. The molecule has 78 valence electrons. The van der Waals surface area contributed by atoms with Crippen molar-refractivity contribution in [3.8, 4) is 0 Å². The molecule has 15 heavy (non-hydrogen) atoms. The normalized spacial score (nSPS) is 10.5. The maximum absolute atomic E-state index is 4.06. The van der Waals surface area contributed by atoms with E-state index in [4.69, 9.17) is 0 Å². The molecule has 0 bridgehead atoms. The fourth-order valence-electron chi connectivity index (χ4n) is 1.40. The van der Waals surface area contributed by atoms with Gasteiger partial charge >= 0.3 is 0 Å². The molecule has 2 rings (SSSR count). The van der Waals surface area contributed by atoms with Crippen molar-refractivity contribution in [3.05, 3.63) is 47.5 Å². The van der Waals surface area contributed by atoms with Gasteiger partial charge in [-0.3, -0.25) is 10.1 Å². The van der Waals surface area contributed by atoms with E-state index in [1.54, 1.807) is 6.20 Å². The first-order valence-corrected chi connectivity index (χ1v) is 4.95. The smallest absolute Gasteiger partial charge is 0.0535 e. The van der Waals surface area contributed by atoms with Crippen molar-refractivity contribution in [2.24, 2.45) is 0 Å². The molecule has 0 saturated heterocycles. The molecular formula is C11H14N4. The largest absolute Gasteiger partial charge is 0.308 e. The Morgan fingerprint density at radius 1 is 1.33 bits per heavy atom. The van der Waals surface area contributed by atoms with Crippen molar-refractivity contribution in [2.75, 3.05) is 0 Å². The maximum atomic E-state index is 4.06. The summed E-state index contributed by atoms with van der Waals surface area (Å²) in [6.45, 7) is 3.68. The van der Waals surface area contributed by atoms with Crippen LogP contribution in [0.1, 0.15) is 16.8 Å². The Balaban J connectivity index is 1.83. The Hall–Kier alpha value is -1.68. The quantitative estimate of drug-likeness (QED) is 0.788. The van der Waals surface area contributed by atoms with Crippen LogP contribution in [-0.2, 0) is 13.1 Å². The van der Waals surface area contributed by atoms with Crippen molar-refractivity contribution in [3.63, 3.8) is 0 Å². The molecule has 0 aliphatic heterocycles. The molecule has 2 heterocycles. The lowest BCUT2D eigenvalue weighted by molar-refractivity contribution is 0.689. The van der Waals surface area contributed by atoms with Crippen LogP contribution in [0, 0.1) is 6.92 Å². The molecule has 0 spiro atoms. The Morgan fingerprint density at radius 2 is 2.27 bits per heavy atom. The minimum atomic E-state index is 0.831. The first-order valence-electron chi connectivity index (χ1n) is 4.95. The van der Waals surface area contributed by atoms with E-state index >= 15 is 0 Å². The average molecular weight is 202 g/mol. The van der Waals surface area contributed by atoms with Gasteiger partial charge in [0.2, 0.25) is 0 Å². The summed E-state index contributed by atoms with van der Waals surface area (Å²) in [6.07, 6.45) is 5.50. The zero-order valence-electron chi connectivity index (χ0n) is 8.70. The second-order valence-corrected chi connectivity index (χ2v) is 3.49. The predicted octanol–water partition coefficient (Wildman–Crippen LogP) is 1.40. The maximum Gasteiger partial charge on any atom is 0.0535 e. The number of aryl methyl sites for hydroxylation is 1. The molecule has 0 fully saturated rings. The van der Waals surface area contributed by atoms with Crippen LogP contribution in [0.3, 0.4) is 0 Å². The topological polar surface area (TPSA) is 53.6 Å². The second-order valence-electron chi connectivity index (χ2n) is 3.49. The van der Waals surface area contributed by atoms with Crippen LogP contribution >= 0.6 is 0 Å². The lowest BCUT2D eigenvalue weighted by atomic mass is 10.2. The number of hydrogen-bond acceptors (Lipinski definition) is 3. The van der Waals surface area contributed by atoms with E-state index in [2.05, 4.69) is 26.6 Å². The van der Waals surface area contributed by atoms with Gasteiger partial charge in [-0.15, -0.1) is 0 Å². The second kappa shape index (κ2) is 4.70. The van der Waals surface area contributed by atoms with Gasteiger partial charge in [0.05, 0.1) is 6.20 Å². The minimum absolute atomic E-state index is 0.831. The van der Waals surface area contributed by atoms with Gasteiger partial charge in [0.15, 0.2) is 0 Å². The molecule has 0 atom stereocenters. The lowest BCUT2D eigenvalue weighted by Gasteiger charge is -2.03. The van der Waals surface area contributed by atoms with Gasteiger partial charge in [-0.2, -0.15) is 5.10 Å². The molecule has 0 unspecified atom stereocenters. The van der Waals surface area contributed by atoms with Gasteiger partial charge in [-0.25, -0.2) is 0 Å². The molecule has 2 aromatic rings. The third kappa shape index (κ3) is 2.63. The number of hydrogen-bond donors (Lipinski definition) is 2. The van der Waals surface area contributed by atoms with Gasteiger partial charge in [0.1, 0.15) is 0 Å². The summed E-state index contributed by atoms with van der Waals surface area (Å²) in [4.78, 5) is 4.06. The number of rotatable bonds is 4. The fourth-order valence-corrected chi connectivity index (χ4v) is 1.40. The zero-order valence-corrected chi connectivity index (χ0v) is 8.70. The number of H-pyrrole nitrogens is 1. The molecule has 0 aliphatic carbocycles. The van der Waals surface area contributed by atoms with Gasteiger partial charge in [-0.1, -0.05) is 6.07 Å². The summed E-state index contributed by atoms with van der Waals surface area (Å²) in [5.41, 5.74) is 3.52. The highest BCUT2D eigenvalue weighted by Gasteiger charge is 1.99. The van der Waals surface area contributed by atoms with Crippen LogP contribution in [0.4, 0.5) is 0 Å². The van der Waals surface area contributed by atoms with E-state index in [9.17, 15) is 0 Å².